The summed E-state index contributed by atoms with van der Waals surface area (Å²) >= 11 is 0. The largest absolute Gasteiger partial charge is 0.308 e. The van der Waals surface area contributed by atoms with Gasteiger partial charge in [0.1, 0.15) is 0 Å². The van der Waals surface area contributed by atoms with Crippen molar-refractivity contribution in [2.45, 2.75) is 45.7 Å². The van der Waals surface area contributed by atoms with E-state index in [0.717, 1.165) is 13.0 Å². The Hall–Kier alpha value is -0.220. The van der Waals surface area contributed by atoms with Crippen LogP contribution in [-0.2, 0) is 0 Å². The molecule has 86 valence electrons. The Kier molecular flexibility index (Phi) is 7.01. The van der Waals surface area contributed by atoms with Gasteiger partial charge in [-0.05, 0) is 27.3 Å². The maximum Gasteiger partial charge on any atom is 0.253 e. The van der Waals surface area contributed by atoms with Crippen LogP contribution in [0.25, 0.3) is 0 Å². The highest BCUT2D eigenvalue weighted by Gasteiger charge is 2.13. The van der Waals surface area contributed by atoms with E-state index >= 15 is 0 Å². The summed E-state index contributed by atoms with van der Waals surface area (Å²) in [6.45, 7) is 7.19. The van der Waals surface area contributed by atoms with E-state index in [0.29, 0.717) is 12.6 Å². The molecule has 0 saturated heterocycles. The average Bonchev–Trinajstić information content (AvgIpc) is 2.15. The van der Waals surface area contributed by atoms with Gasteiger partial charge in [0, 0.05) is 19.1 Å². The number of rotatable bonds is 7. The van der Waals surface area contributed by atoms with Crippen LogP contribution in [0.15, 0.2) is 0 Å². The molecule has 0 aliphatic carbocycles. The van der Waals surface area contributed by atoms with E-state index in [1.807, 2.05) is 7.05 Å². The van der Waals surface area contributed by atoms with Crippen molar-refractivity contribution in [3.05, 3.63) is 0 Å². The molecule has 0 aromatic heterocycles. The maximum atomic E-state index is 12.1. The van der Waals surface area contributed by atoms with Crippen molar-refractivity contribution >= 4 is 0 Å². The molecule has 0 aliphatic rings. The molecular weight excluding hydrogens is 186 g/mol. The predicted molar refractivity (Wildman–Crippen MR) is 55.9 cm³/mol. The molecule has 0 amide bonds. The minimum Gasteiger partial charge on any atom is -0.308 e. The molecule has 1 N–H and O–H groups in total. The van der Waals surface area contributed by atoms with Gasteiger partial charge in [0.2, 0.25) is 0 Å². The molecule has 0 aromatic rings. The highest BCUT2D eigenvalue weighted by Crippen LogP contribution is 2.00. The van der Waals surface area contributed by atoms with E-state index in [4.69, 9.17) is 0 Å². The molecule has 0 spiro atoms. The van der Waals surface area contributed by atoms with E-state index in [9.17, 15) is 8.78 Å². The predicted octanol–water partition coefficient (Wildman–Crippen LogP) is 1.96. The standard InChI is InChI=1S/C10H22F2N2/c1-5-8(2)14(4)7-6-13-9(3)10(11)12/h8-10,13H,5-7H2,1-4H3. The van der Waals surface area contributed by atoms with Gasteiger partial charge >= 0.3 is 0 Å². The lowest BCUT2D eigenvalue weighted by molar-refractivity contribution is 0.104. The first-order valence-electron chi connectivity index (χ1n) is 5.20. The second-order valence-corrected chi connectivity index (χ2v) is 3.82. The number of nitrogens with one attached hydrogen (secondary N) is 1. The van der Waals surface area contributed by atoms with Crippen molar-refractivity contribution in [1.82, 2.24) is 10.2 Å². The molecular formula is C10H22F2N2. The number of nitrogens with zero attached hydrogens (tertiary/aromatic N) is 1. The third-order valence-corrected chi connectivity index (χ3v) is 2.65. The van der Waals surface area contributed by atoms with Gasteiger partial charge in [-0.2, -0.15) is 0 Å². The summed E-state index contributed by atoms with van der Waals surface area (Å²) in [7, 11) is 2.02. The molecule has 2 nitrogen and oxygen atoms in total. The van der Waals surface area contributed by atoms with E-state index in [-0.39, 0.29) is 0 Å². The quantitative estimate of drug-likeness (QED) is 0.688. The highest BCUT2D eigenvalue weighted by molar-refractivity contribution is 4.66. The molecule has 0 fully saturated rings. The van der Waals surface area contributed by atoms with Crippen molar-refractivity contribution in [2.24, 2.45) is 0 Å². The monoisotopic (exact) mass is 208 g/mol. The average molecular weight is 208 g/mol. The third kappa shape index (κ3) is 5.50. The van der Waals surface area contributed by atoms with Gasteiger partial charge in [-0.25, -0.2) is 8.78 Å². The summed E-state index contributed by atoms with van der Waals surface area (Å²) in [5, 5.41) is 2.80. The van der Waals surface area contributed by atoms with Crippen LogP contribution in [0.2, 0.25) is 0 Å². The Labute approximate surface area is 85.7 Å². The first-order valence-corrected chi connectivity index (χ1v) is 5.20. The molecule has 0 bridgehead atoms. The molecule has 0 saturated carbocycles. The fourth-order valence-electron chi connectivity index (χ4n) is 1.09. The summed E-state index contributed by atoms with van der Waals surface area (Å²) in [5.41, 5.74) is 0. The first-order chi connectivity index (χ1) is 6.49. The van der Waals surface area contributed by atoms with E-state index < -0.39 is 12.5 Å². The minimum absolute atomic E-state index is 0.513. The topological polar surface area (TPSA) is 15.3 Å². The van der Waals surface area contributed by atoms with Crippen LogP contribution in [0, 0.1) is 0 Å². The number of likely N-dealkylation sites (N-methyl/N-ethyl adjacent to an activating group) is 1. The van der Waals surface area contributed by atoms with Crippen LogP contribution in [0.4, 0.5) is 8.78 Å². The Morgan fingerprint density at radius 2 is 1.86 bits per heavy atom. The first kappa shape index (κ1) is 13.8. The molecule has 0 radical (unpaired) electrons. The SMILES string of the molecule is CCC(C)N(C)CCNC(C)C(F)F. The van der Waals surface area contributed by atoms with Crippen molar-refractivity contribution in [3.63, 3.8) is 0 Å². The number of hydrogen-bond acceptors (Lipinski definition) is 2. The second-order valence-electron chi connectivity index (χ2n) is 3.82. The van der Waals surface area contributed by atoms with E-state index in [1.54, 1.807) is 0 Å². The fourth-order valence-corrected chi connectivity index (χ4v) is 1.09. The van der Waals surface area contributed by atoms with Crippen LogP contribution in [0.1, 0.15) is 27.2 Å². The molecule has 14 heavy (non-hydrogen) atoms. The molecule has 4 heteroatoms. The molecule has 0 rings (SSSR count). The zero-order chi connectivity index (χ0) is 11.1. The summed E-state index contributed by atoms with van der Waals surface area (Å²) in [4.78, 5) is 2.17. The smallest absolute Gasteiger partial charge is 0.253 e. The van der Waals surface area contributed by atoms with Gasteiger partial charge in [-0.3, -0.25) is 0 Å². The lowest BCUT2D eigenvalue weighted by Gasteiger charge is -2.24. The minimum atomic E-state index is -2.27. The van der Waals surface area contributed by atoms with Crippen LogP contribution < -0.4 is 5.32 Å². The molecule has 2 atom stereocenters. The summed E-state index contributed by atoms with van der Waals surface area (Å²) in [6.07, 6.45) is -1.19. The van der Waals surface area contributed by atoms with Gasteiger partial charge in [-0.15, -0.1) is 0 Å². The zero-order valence-electron chi connectivity index (χ0n) is 9.56. The molecule has 0 heterocycles. The van der Waals surface area contributed by atoms with Crippen LogP contribution >= 0.6 is 0 Å². The Bertz CT molecular complexity index is 142. The summed E-state index contributed by atoms with van der Waals surface area (Å²) < 4.78 is 24.2. The third-order valence-electron chi connectivity index (χ3n) is 2.65. The van der Waals surface area contributed by atoms with E-state index in [2.05, 4.69) is 24.1 Å². The highest BCUT2D eigenvalue weighted by atomic mass is 19.3. The van der Waals surface area contributed by atoms with Crippen molar-refractivity contribution in [2.75, 3.05) is 20.1 Å². The zero-order valence-corrected chi connectivity index (χ0v) is 9.56. The van der Waals surface area contributed by atoms with Gasteiger partial charge in [0.05, 0.1) is 6.04 Å². The molecule has 0 aromatic carbocycles. The van der Waals surface area contributed by atoms with Gasteiger partial charge < -0.3 is 10.2 Å². The number of halogens is 2. The number of alkyl halides is 2. The molecule has 2 unspecified atom stereocenters. The Morgan fingerprint density at radius 1 is 1.29 bits per heavy atom. The van der Waals surface area contributed by atoms with Crippen molar-refractivity contribution in [3.8, 4) is 0 Å². The van der Waals surface area contributed by atoms with Gasteiger partial charge in [0.25, 0.3) is 6.43 Å². The number of hydrogen-bond donors (Lipinski definition) is 1. The fraction of sp³-hybridized carbons (Fsp3) is 1.00. The maximum absolute atomic E-state index is 12.1. The van der Waals surface area contributed by atoms with Crippen LogP contribution in [-0.4, -0.2) is 43.5 Å². The Morgan fingerprint density at radius 3 is 2.29 bits per heavy atom. The normalized spacial score (nSPS) is 16.3. The summed E-state index contributed by atoms with van der Waals surface area (Å²) in [6, 6.07) is -0.195. The second kappa shape index (κ2) is 7.12. The van der Waals surface area contributed by atoms with Gasteiger partial charge in [-0.1, -0.05) is 6.92 Å². The van der Waals surface area contributed by atoms with Crippen molar-refractivity contribution in [1.29, 1.82) is 0 Å². The van der Waals surface area contributed by atoms with E-state index in [1.165, 1.54) is 6.92 Å². The lowest BCUT2D eigenvalue weighted by atomic mass is 10.2. The van der Waals surface area contributed by atoms with Crippen molar-refractivity contribution < 1.29 is 8.78 Å². The van der Waals surface area contributed by atoms with Crippen LogP contribution in [0.3, 0.4) is 0 Å². The van der Waals surface area contributed by atoms with Crippen LogP contribution in [0.5, 0.6) is 0 Å². The van der Waals surface area contributed by atoms with Gasteiger partial charge in [0.15, 0.2) is 0 Å². The molecule has 0 aliphatic heterocycles. The lowest BCUT2D eigenvalue weighted by Crippen LogP contribution is -2.40. The Balaban J connectivity index is 3.53. The summed E-state index contributed by atoms with van der Waals surface area (Å²) in [5.74, 6) is 0.